The Bertz CT molecular complexity index is 206. The van der Waals surface area contributed by atoms with Gasteiger partial charge in [0, 0.05) is 0 Å². The van der Waals surface area contributed by atoms with Crippen LogP contribution in [0.5, 0.6) is 0 Å². The molecule has 0 radical (unpaired) electrons. The Hall–Kier alpha value is -0.273. The lowest BCUT2D eigenvalue weighted by atomic mass is 10.3. The molecular formula is C7H11F7Si. The Kier molecular flexibility index (Phi) is 4.23. The largest absolute Gasteiger partial charge is 0.459 e. The Balaban J connectivity index is 5.16. The van der Waals surface area contributed by atoms with Crippen LogP contribution in [0.15, 0.2) is 0 Å². The van der Waals surface area contributed by atoms with Crippen LogP contribution in [0.1, 0.15) is 13.8 Å². The fourth-order valence-corrected chi connectivity index (χ4v) is 3.53. The van der Waals surface area contributed by atoms with Crippen molar-refractivity contribution in [2.75, 3.05) is 0 Å². The minimum Gasteiger partial charge on any atom is -0.205 e. The summed E-state index contributed by atoms with van der Waals surface area (Å²) in [5.74, 6) is -5.91. The molecule has 0 atom stereocenters. The van der Waals surface area contributed by atoms with Gasteiger partial charge in [0.25, 0.3) is 5.55 Å². The van der Waals surface area contributed by atoms with Gasteiger partial charge in [-0.2, -0.15) is 22.0 Å². The average Bonchev–Trinajstić information content (AvgIpc) is 2.03. The number of hydrogen-bond acceptors (Lipinski definition) is 0. The highest BCUT2D eigenvalue weighted by Gasteiger charge is 2.74. The Morgan fingerprint density at radius 2 is 1.13 bits per heavy atom. The van der Waals surface area contributed by atoms with Crippen molar-refractivity contribution in [2.45, 2.75) is 43.6 Å². The van der Waals surface area contributed by atoms with Gasteiger partial charge in [-0.05, 0) is 0 Å². The third-order valence-electron chi connectivity index (χ3n) is 2.27. The molecular weight excluding hydrogens is 245 g/mol. The third-order valence-corrected chi connectivity index (χ3v) is 5.63. The zero-order valence-electron chi connectivity index (χ0n) is 8.14. The maximum atomic E-state index is 13.0. The number of alkyl halides is 7. The second kappa shape index (κ2) is 4.30. The topological polar surface area (TPSA) is 0 Å². The van der Waals surface area contributed by atoms with Gasteiger partial charge in [0.05, 0.1) is 0 Å². The summed E-state index contributed by atoms with van der Waals surface area (Å²) >= 11 is 0. The lowest BCUT2D eigenvalue weighted by Gasteiger charge is -2.32. The van der Waals surface area contributed by atoms with Crippen molar-refractivity contribution < 1.29 is 30.7 Å². The predicted octanol–water partition coefficient (Wildman–Crippen LogP) is 3.63. The van der Waals surface area contributed by atoms with Crippen molar-refractivity contribution in [3.63, 3.8) is 0 Å². The number of rotatable bonds is 4. The molecule has 0 amide bonds. The first kappa shape index (κ1) is 14.7. The molecule has 0 saturated heterocycles. The van der Waals surface area contributed by atoms with Crippen molar-refractivity contribution >= 4 is 8.80 Å². The van der Waals surface area contributed by atoms with E-state index in [1.165, 1.54) is 13.8 Å². The summed E-state index contributed by atoms with van der Waals surface area (Å²) in [7, 11) is -3.43. The molecule has 0 spiro atoms. The molecule has 0 bridgehead atoms. The molecule has 0 rings (SSSR count). The summed E-state index contributed by atoms with van der Waals surface area (Å²) in [4.78, 5) is 0. The summed E-state index contributed by atoms with van der Waals surface area (Å²) < 4.78 is 86.2. The molecule has 0 fully saturated rings. The van der Waals surface area contributed by atoms with Gasteiger partial charge in [-0.3, -0.25) is 0 Å². The molecule has 0 aliphatic heterocycles. The van der Waals surface area contributed by atoms with Crippen LogP contribution in [0.3, 0.4) is 0 Å². The van der Waals surface area contributed by atoms with E-state index >= 15 is 0 Å². The van der Waals surface area contributed by atoms with E-state index in [0.29, 0.717) is 0 Å². The second-order valence-electron chi connectivity index (χ2n) is 3.21. The highest BCUT2D eigenvalue weighted by Crippen LogP contribution is 2.48. The third kappa shape index (κ3) is 2.46. The molecule has 0 N–H and O–H groups in total. The lowest BCUT2D eigenvalue weighted by Crippen LogP contribution is -2.59. The van der Waals surface area contributed by atoms with E-state index in [1.807, 2.05) is 0 Å². The molecule has 0 aromatic carbocycles. The van der Waals surface area contributed by atoms with E-state index < -0.39 is 26.4 Å². The van der Waals surface area contributed by atoms with Gasteiger partial charge in [0.2, 0.25) is 0 Å². The van der Waals surface area contributed by atoms with Crippen molar-refractivity contribution in [3.05, 3.63) is 0 Å². The quantitative estimate of drug-likeness (QED) is 0.532. The van der Waals surface area contributed by atoms with Crippen LogP contribution in [0.25, 0.3) is 0 Å². The first-order valence-corrected chi connectivity index (χ1v) is 6.55. The minimum absolute atomic E-state index is 0.296. The number of halogens is 7. The Morgan fingerprint density at radius 1 is 0.800 bits per heavy atom. The molecule has 0 unspecified atom stereocenters. The van der Waals surface area contributed by atoms with Gasteiger partial charge in [-0.1, -0.05) is 25.9 Å². The summed E-state index contributed by atoms with van der Waals surface area (Å²) in [6.45, 7) is 2.42. The SMILES string of the molecule is CC[SiH](CC)C(F)(F)C(F)(F)C(F)(F)F. The summed E-state index contributed by atoms with van der Waals surface area (Å²) in [6, 6.07) is -0.593. The zero-order valence-corrected chi connectivity index (χ0v) is 9.29. The highest BCUT2D eigenvalue weighted by molar-refractivity contribution is 6.61. The average molecular weight is 256 g/mol. The lowest BCUT2D eigenvalue weighted by molar-refractivity contribution is -0.334. The zero-order chi connectivity index (χ0) is 12.5. The molecule has 0 aromatic heterocycles. The highest BCUT2D eigenvalue weighted by atomic mass is 28.3. The molecule has 15 heavy (non-hydrogen) atoms. The standard InChI is InChI=1S/C7H11F7Si/c1-3-15(4-2)7(13,14)5(8,9)6(10,11)12/h15H,3-4H2,1-2H3. The van der Waals surface area contributed by atoms with Gasteiger partial charge < -0.3 is 0 Å². The second-order valence-corrected chi connectivity index (χ2v) is 6.96. The van der Waals surface area contributed by atoms with Crippen molar-refractivity contribution in [2.24, 2.45) is 0 Å². The Labute approximate surface area is 84.1 Å². The predicted molar refractivity (Wildman–Crippen MR) is 44.1 cm³/mol. The smallest absolute Gasteiger partial charge is 0.205 e. The normalized spacial score (nSPS) is 14.8. The van der Waals surface area contributed by atoms with Crippen LogP contribution in [0.2, 0.25) is 12.1 Å². The van der Waals surface area contributed by atoms with E-state index in [2.05, 4.69) is 0 Å². The first-order chi connectivity index (χ1) is 6.52. The van der Waals surface area contributed by atoms with Gasteiger partial charge in [-0.25, -0.2) is 8.78 Å². The van der Waals surface area contributed by atoms with Crippen LogP contribution in [-0.4, -0.2) is 26.4 Å². The summed E-state index contributed by atoms with van der Waals surface area (Å²) in [5, 5.41) is 0. The molecule has 0 aliphatic rings. The van der Waals surface area contributed by atoms with Crippen LogP contribution < -0.4 is 0 Å². The molecule has 8 heteroatoms. The maximum Gasteiger partial charge on any atom is 0.459 e. The fourth-order valence-electron chi connectivity index (χ4n) is 1.25. The Morgan fingerprint density at radius 3 is 1.33 bits per heavy atom. The van der Waals surface area contributed by atoms with Crippen molar-refractivity contribution in [1.29, 1.82) is 0 Å². The van der Waals surface area contributed by atoms with E-state index in [4.69, 9.17) is 0 Å². The molecule has 0 nitrogen and oxygen atoms in total. The minimum atomic E-state index is -6.19. The van der Waals surface area contributed by atoms with E-state index in [-0.39, 0.29) is 12.1 Å². The summed E-state index contributed by atoms with van der Waals surface area (Å²) in [6.07, 6.45) is -6.19. The fraction of sp³-hybridized carbons (Fsp3) is 1.00. The van der Waals surface area contributed by atoms with E-state index in [0.717, 1.165) is 0 Å². The van der Waals surface area contributed by atoms with E-state index in [9.17, 15) is 30.7 Å². The van der Waals surface area contributed by atoms with E-state index in [1.54, 1.807) is 0 Å². The first-order valence-electron chi connectivity index (χ1n) is 4.34. The van der Waals surface area contributed by atoms with Gasteiger partial charge >= 0.3 is 12.1 Å². The summed E-state index contributed by atoms with van der Waals surface area (Å²) in [5.41, 5.74) is -4.92. The van der Waals surface area contributed by atoms with Crippen LogP contribution in [0, 0.1) is 0 Å². The molecule has 0 heterocycles. The molecule has 0 aromatic rings. The van der Waals surface area contributed by atoms with Gasteiger partial charge in [0.1, 0.15) is 8.80 Å². The van der Waals surface area contributed by atoms with Crippen molar-refractivity contribution in [1.82, 2.24) is 0 Å². The molecule has 0 aliphatic carbocycles. The van der Waals surface area contributed by atoms with Crippen LogP contribution in [0.4, 0.5) is 30.7 Å². The van der Waals surface area contributed by atoms with Gasteiger partial charge in [-0.15, -0.1) is 0 Å². The maximum absolute atomic E-state index is 13.0. The van der Waals surface area contributed by atoms with Crippen LogP contribution >= 0.6 is 0 Å². The van der Waals surface area contributed by atoms with Gasteiger partial charge in [0.15, 0.2) is 0 Å². The molecule has 92 valence electrons. The van der Waals surface area contributed by atoms with Crippen molar-refractivity contribution in [3.8, 4) is 0 Å². The monoisotopic (exact) mass is 256 g/mol. The molecule has 0 saturated carbocycles. The van der Waals surface area contributed by atoms with Crippen LogP contribution in [-0.2, 0) is 0 Å². The number of hydrogen-bond donors (Lipinski definition) is 0.